The maximum atomic E-state index is 12.1. The molecule has 0 saturated carbocycles. The highest BCUT2D eigenvalue weighted by Crippen LogP contribution is 2.23. The number of amides is 1. The van der Waals surface area contributed by atoms with E-state index in [1.54, 1.807) is 24.3 Å². The van der Waals surface area contributed by atoms with Crippen LogP contribution >= 0.6 is 0 Å². The van der Waals surface area contributed by atoms with Crippen molar-refractivity contribution in [1.29, 1.82) is 0 Å². The van der Waals surface area contributed by atoms with Crippen molar-refractivity contribution in [3.63, 3.8) is 0 Å². The molecule has 0 bridgehead atoms. The zero-order chi connectivity index (χ0) is 21.7. The van der Waals surface area contributed by atoms with E-state index in [9.17, 15) is 27.6 Å². The Balaban J connectivity index is 1.46. The number of rotatable bonds is 7. The maximum absolute atomic E-state index is 12.1. The maximum Gasteiger partial charge on any atom is 0.573 e. The zero-order valence-corrected chi connectivity index (χ0v) is 15.3. The molecule has 0 aliphatic heterocycles. The number of alkyl halides is 3. The fourth-order valence-electron chi connectivity index (χ4n) is 2.58. The van der Waals surface area contributed by atoms with Crippen molar-refractivity contribution in [2.45, 2.75) is 19.3 Å². The number of oxazole rings is 1. The van der Waals surface area contributed by atoms with E-state index < -0.39 is 36.4 Å². The first-order valence-corrected chi connectivity index (χ1v) is 8.61. The summed E-state index contributed by atoms with van der Waals surface area (Å²) in [5.74, 6) is -2.44. The molecular formula is C19H15F3N2O6. The van der Waals surface area contributed by atoms with Gasteiger partial charge in [0.25, 0.3) is 5.91 Å². The van der Waals surface area contributed by atoms with Gasteiger partial charge in [0.05, 0.1) is 11.9 Å². The van der Waals surface area contributed by atoms with Gasteiger partial charge in [0.1, 0.15) is 5.75 Å². The second kappa shape index (κ2) is 8.72. The number of aryl methyl sites for hydroxylation is 1. The third-order valence-corrected chi connectivity index (χ3v) is 3.85. The van der Waals surface area contributed by atoms with Crippen LogP contribution < -0.4 is 15.8 Å². The minimum atomic E-state index is -4.81. The minimum Gasteiger partial charge on any atom is -0.456 e. The molecule has 0 unspecified atom stereocenters. The molecule has 0 atom stereocenters. The van der Waals surface area contributed by atoms with Crippen LogP contribution in [0.5, 0.6) is 5.75 Å². The van der Waals surface area contributed by atoms with Crippen LogP contribution in [0, 0.1) is 0 Å². The summed E-state index contributed by atoms with van der Waals surface area (Å²) in [5.41, 5.74) is 1.12. The molecule has 1 amide bonds. The van der Waals surface area contributed by atoms with Crippen molar-refractivity contribution in [3.8, 4) is 5.75 Å². The van der Waals surface area contributed by atoms with E-state index in [1.165, 1.54) is 16.7 Å². The summed E-state index contributed by atoms with van der Waals surface area (Å²) in [7, 11) is 0. The highest BCUT2D eigenvalue weighted by atomic mass is 19.4. The minimum absolute atomic E-state index is 0.0109. The van der Waals surface area contributed by atoms with Crippen LogP contribution in [0.4, 0.5) is 18.9 Å². The topological polar surface area (TPSA) is 99.8 Å². The lowest BCUT2D eigenvalue weighted by Gasteiger charge is -2.10. The van der Waals surface area contributed by atoms with Crippen LogP contribution in [0.3, 0.4) is 0 Å². The molecule has 0 aliphatic carbocycles. The summed E-state index contributed by atoms with van der Waals surface area (Å²) >= 11 is 0. The molecule has 0 saturated heterocycles. The van der Waals surface area contributed by atoms with Gasteiger partial charge >= 0.3 is 18.1 Å². The van der Waals surface area contributed by atoms with Crippen molar-refractivity contribution in [3.05, 3.63) is 59.1 Å². The summed E-state index contributed by atoms with van der Waals surface area (Å²) in [6.07, 6.45) is -4.98. The highest BCUT2D eigenvalue weighted by Gasteiger charge is 2.30. The lowest BCUT2D eigenvalue weighted by molar-refractivity contribution is -0.274. The van der Waals surface area contributed by atoms with Gasteiger partial charge in [0.15, 0.2) is 12.2 Å². The lowest BCUT2D eigenvalue weighted by atomic mass is 10.3. The Hall–Kier alpha value is -3.76. The number of carbonyl (C=O) groups excluding carboxylic acids is 2. The van der Waals surface area contributed by atoms with E-state index in [2.05, 4.69) is 10.1 Å². The van der Waals surface area contributed by atoms with Gasteiger partial charge in [-0.25, -0.2) is 4.79 Å². The molecule has 158 valence electrons. The van der Waals surface area contributed by atoms with Crippen molar-refractivity contribution in [2.75, 3.05) is 11.9 Å². The molecule has 3 rings (SSSR count). The molecule has 3 aromatic rings. The number of hydrogen-bond acceptors (Lipinski definition) is 6. The average Bonchev–Trinajstić information content (AvgIpc) is 3.00. The number of para-hydroxylation sites is 2. The summed E-state index contributed by atoms with van der Waals surface area (Å²) < 4.78 is 51.2. The zero-order valence-electron chi connectivity index (χ0n) is 15.3. The number of ether oxygens (including phenoxy) is 2. The normalized spacial score (nSPS) is 11.3. The van der Waals surface area contributed by atoms with Crippen molar-refractivity contribution in [1.82, 2.24) is 4.57 Å². The number of carbonyl (C=O) groups is 2. The van der Waals surface area contributed by atoms with Gasteiger partial charge in [-0.15, -0.1) is 13.2 Å². The summed E-state index contributed by atoms with van der Waals surface area (Å²) in [6.45, 7) is -0.586. The molecule has 0 fully saturated rings. The second-order valence-corrected chi connectivity index (χ2v) is 6.02. The number of anilines is 1. The fourth-order valence-corrected chi connectivity index (χ4v) is 2.58. The lowest BCUT2D eigenvalue weighted by Crippen LogP contribution is -2.22. The van der Waals surface area contributed by atoms with Crippen LogP contribution in [-0.4, -0.2) is 29.4 Å². The Labute approximate surface area is 166 Å². The van der Waals surface area contributed by atoms with Crippen molar-refractivity contribution >= 4 is 28.7 Å². The monoisotopic (exact) mass is 424 g/mol. The average molecular weight is 424 g/mol. The predicted octanol–water partition coefficient (Wildman–Crippen LogP) is 3.07. The fraction of sp³-hybridized carbons (Fsp3) is 0.211. The molecule has 0 radical (unpaired) electrons. The standard InChI is InChI=1S/C19H15F3N2O6/c20-19(21,22)30-13-7-5-12(6-8-13)23-16(25)11-28-17(26)9-10-24-14-3-1-2-4-15(14)29-18(24)27/h1-8H,9-11H2,(H,23,25). The first-order valence-electron chi connectivity index (χ1n) is 8.61. The van der Waals surface area contributed by atoms with Gasteiger partial charge in [0.2, 0.25) is 0 Å². The number of aromatic nitrogens is 1. The molecule has 0 spiro atoms. The summed E-state index contributed by atoms with van der Waals surface area (Å²) in [5, 5.41) is 2.37. The molecule has 2 aromatic carbocycles. The van der Waals surface area contributed by atoms with Gasteiger partial charge < -0.3 is 19.2 Å². The number of nitrogens with zero attached hydrogens (tertiary/aromatic N) is 1. The molecular weight excluding hydrogens is 409 g/mol. The van der Waals surface area contributed by atoms with E-state index in [0.29, 0.717) is 11.1 Å². The molecule has 0 aliphatic rings. The van der Waals surface area contributed by atoms with E-state index in [0.717, 1.165) is 12.1 Å². The summed E-state index contributed by atoms with van der Waals surface area (Å²) in [4.78, 5) is 35.5. The Morgan fingerprint density at radius 3 is 2.47 bits per heavy atom. The van der Waals surface area contributed by atoms with Gasteiger partial charge in [-0.05, 0) is 36.4 Å². The third kappa shape index (κ3) is 5.63. The Morgan fingerprint density at radius 1 is 1.07 bits per heavy atom. The number of esters is 1. The SMILES string of the molecule is O=C(COC(=O)CCn1c(=O)oc2ccccc21)Nc1ccc(OC(F)(F)F)cc1. The third-order valence-electron chi connectivity index (χ3n) is 3.85. The van der Waals surface area contributed by atoms with E-state index in [-0.39, 0.29) is 18.7 Å². The van der Waals surface area contributed by atoms with Crippen LogP contribution in [0.25, 0.3) is 11.1 Å². The van der Waals surface area contributed by atoms with Gasteiger partial charge in [-0.2, -0.15) is 0 Å². The molecule has 1 aromatic heterocycles. The number of hydrogen-bond donors (Lipinski definition) is 1. The molecule has 30 heavy (non-hydrogen) atoms. The Morgan fingerprint density at radius 2 is 1.77 bits per heavy atom. The summed E-state index contributed by atoms with van der Waals surface area (Å²) in [6, 6.07) is 11.2. The first kappa shape index (κ1) is 21.0. The Bertz CT molecular complexity index is 1100. The van der Waals surface area contributed by atoms with Crippen LogP contribution in [-0.2, 0) is 20.9 Å². The van der Waals surface area contributed by atoms with E-state index in [1.807, 2.05) is 0 Å². The number of benzene rings is 2. The highest BCUT2D eigenvalue weighted by molar-refractivity contribution is 5.92. The van der Waals surface area contributed by atoms with Gasteiger partial charge in [-0.1, -0.05) is 12.1 Å². The van der Waals surface area contributed by atoms with Crippen LogP contribution in [0.2, 0.25) is 0 Å². The predicted molar refractivity (Wildman–Crippen MR) is 97.8 cm³/mol. The molecule has 1 N–H and O–H groups in total. The first-order chi connectivity index (χ1) is 14.2. The van der Waals surface area contributed by atoms with Gasteiger partial charge in [0, 0.05) is 12.2 Å². The number of nitrogens with one attached hydrogen (secondary N) is 1. The number of halogens is 3. The van der Waals surface area contributed by atoms with Crippen LogP contribution in [0.15, 0.2) is 57.7 Å². The smallest absolute Gasteiger partial charge is 0.456 e. The Kier molecular flexibility index (Phi) is 6.09. The quantitative estimate of drug-likeness (QED) is 0.586. The van der Waals surface area contributed by atoms with Crippen molar-refractivity contribution < 1.29 is 36.7 Å². The largest absolute Gasteiger partial charge is 0.573 e. The molecule has 8 nitrogen and oxygen atoms in total. The van der Waals surface area contributed by atoms with Crippen molar-refractivity contribution in [2.24, 2.45) is 0 Å². The van der Waals surface area contributed by atoms with E-state index in [4.69, 9.17) is 9.15 Å². The second-order valence-electron chi connectivity index (χ2n) is 6.02. The van der Waals surface area contributed by atoms with E-state index >= 15 is 0 Å². The van der Waals surface area contributed by atoms with Crippen LogP contribution in [0.1, 0.15) is 6.42 Å². The molecule has 11 heteroatoms. The number of fused-ring (bicyclic) bond motifs is 1. The van der Waals surface area contributed by atoms with Gasteiger partial charge in [-0.3, -0.25) is 14.2 Å². The molecule has 1 heterocycles.